The van der Waals surface area contributed by atoms with E-state index in [0.29, 0.717) is 5.89 Å². The van der Waals surface area contributed by atoms with E-state index in [1.54, 1.807) is 0 Å². The summed E-state index contributed by atoms with van der Waals surface area (Å²) in [6.45, 7) is 7.48. The van der Waals surface area contributed by atoms with Crippen molar-refractivity contribution in [1.82, 2.24) is 15.0 Å². The fourth-order valence-electron chi connectivity index (χ4n) is 2.00. The average molecular weight is 221 g/mol. The van der Waals surface area contributed by atoms with Crippen LogP contribution < -0.4 is 0 Å². The number of hydrogen-bond acceptors (Lipinski definition) is 4. The van der Waals surface area contributed by atoms with Crippen LogP contribution in [0.4, 0.5) is 0 Å². The molecule has 2 heterocycles. The molecule has 88 valence electrons. The van der Waals surface area contributed by atoms with Crippen LogP contribution in [0.25, 0.3) is 5.57 Å². The zero-order chi connectivity index (χ0) is 11.4. The maximum atomic E-state index is 5.27. The molecule has 0 saturated heterocycles. The summed E-state index contributed by atoms with van der Waals surface area (Å²) in [6, 6.07) is 0. The summed E-state index contributed by atoms with van der Waals surface area (Å²) in [4.78, 5) is 6.81. The number of hydrogen-bond donors (Lipinski definition) is 0. The molecule has 0 saturated carbocycles. The van der Waals surface area contributed by atoms with Crippen LogP contribution in [0, 0.1) is 0 Å². The molecule has 0 spiro atoms. The molecule has 1 aromatic rings. The summed E-state index contributed by atoms with van der Waals surface area (Å²) in [5.74, 6) is 1.50. The smallest absolute Gasteiger partial charge is 0.254 e. The third kappa shape index (κ3) is 2.50. The Hall–Kier alpha value is -1.16. The lowest BCUT2D eigenvalue weighted by molar-refractivity contribution is 0.299. The molecule has 0 N–H and O–H groups in total. The summed E-state index contributed by atoms with van der Waals surface area (Å²) in [6.07, 6.45) is 5.32. The molecular weight excluding hydrogens is 202 g/mol. The quantitative estimate of drug-likeness (QED) is 0.781. The summed E-state index contributed by atoms with van der Waals surface area (Å²) >= 11 is 0. The van der Waals surface area contributed by atoms with Gasteiger partial charge in [0.2, 0.25) is 0 Å². The molecule has 0 unspecified atom stereocenters. The Bertz CT molecular complexity index is 370. The van der Waals surface area contributed by atoms with Crippen molar-refractivity contribution >= 4 is 5.57 Å². The molecule has 16 heavy (non-hydrogen) atoms. The van der Waals surface area contributed by atoms with Crippen molar-refractivity contribution in [3.8, 4) is 0 Å². The summed E-state index contributed by atoms with van der Waals surface area (Å²) in [5.41, 5.74) is 1.19. The molecule has 1 aliphatic rings. The highest BCUT2D eigenvalue weighted by atomic mass is 16.5. The lowest BCUT2D eigenvalue weighted by Crippen LogP contribution is -2.30. The molecule has 0 fully saturated rings. The van der Waals surface area contributed by atoms with Crippen molar-refractivity contribution in [3.05, 3.63) is 17.8 Å². The summed E-state index contributed by atoms with van der Waals surface area (Å²) < 4.78 is 5.27. The Balaban J connectivity index is 2.06. The topological polar surface area (TPSA) is 42.2 Å². The van der Waals surface area contributed by atoms with Crippen LogP contribution in [-0.4, -0.2) is 34.7 Å². The highest BCUT2D eigenvalue weighted by Gasteiger charge is 2.17. The second kappa shape index (κ2) is 5.25. The van der Waals surface area contributed by atoms with E-state index in [9.17, 15) is 0 Å². The third-order valence-electron chi connectivity index (χ3n) is 2.83. The van der Waals surface area contributed by atoms with E-state index in [-0.39, 0.29) is 0 Å². The maximum absolute atomic E-state index is 5.27. The molecule has 0 atom stereocenters. The van der Waals surface area contributed by atoms with Crippen molar-refractivity contribution < 1.29 is 4.52 Å². The SMILES string of the molecule is CCCN1CCC=C(c2nc(CC)no2)C1. The van der Waals surface area contributed by atoms with Gasteiger partial charge in [-0.05, 0) is 19.4 Å². The minimum atomic E-state index is 0.706. The van der Waals surface area contributed by atoms with E-state index in [2.05, 4.69) is 28.0 Å². The monoisotopic (exact) mass is 221 g/mol. The van der Waals surface area contributed by atoms with Crippen LogP contribution >= 0.6 is 0 Å². The van der Waals surface area contributed by atoms with Crippen molar-refractivity contribution in [3.63, 3.8) is 0 Å². The van der Waals surface area contributed by atoms with Crippen LogP contribution in [-0.2, 0) is 6.42 Å². The lowest BCUT2D eigenvalue weighted by Gasteiger charge is -2.25. The molecule has 4 nitrogen and oxygen atoms in total. The predicted molar refractivity (Wildman–Crippen MR) is 63.0 cm³/mol. The molecule has 0 radical (unpaired) electrons. The maximum Gasteiger partial charge on any atom is 0.254 e. The zero-order valence-corrected chi connectivity index (χ0v) is 10.1. The first kappa shape index (κ1) is 11.3. The fourth-order valence-corrected chi connectivity index (χ4v) is 2.00. The first-order chi connectivity index (χ1) is 7.83. The van der Waals surface area contributed by atoms with Crippen molar-refractivity contribution in [2.75, 3.05) is 19.6 Å². The van der Waals surface area contributed by atoms with Gasteiger partial charge in [-0.15, -0.1) is 0 Å². The van der Waals surface area contributed by atoms with Crippen LogP contribution in [0.5, 0.6) is 0 Å². The van der Waals surface area contributed by atoms with Gasteiger partial charge in [0.25, 0.3) is 5.89 Å². The van der Waals surface area contributed by atoms with E-state index in [1.165, 1.54) is 12.0 Å². The van der Waals surface area contributed by atoms with Crippen LogP contribution in [0.3, 0.4) is 0 Å². The summed E-state index contributed by atoms with van der Waals surface area (Å²) in [7, 11) is 0. The Morgan fingerprint density at radius 3 is 3.00 bits per heavy atom. The predicted octanol–water partition coefficient (Wildman–Crippen LogP) is 2.13. The van der Waals surface area contributed by atoms with Crippen LogP contribution in [0.2, 0.25) is 0 Å². The summed E-state index contributed by atoms with van der Waals surface area (Å²) in [5, 5.41) is 3.94. The Morgan fingerprint density at radius 1 is 1.44 bits per heavy atom. The van der Waals surface area contributed by atoms with E-state index in [4.69, 9.17) is 4.52 Å². The van der Waals surface area contributed by atoms with Gasteiger partial charge in [-0.25, -0.2) is 0 Å². The van der Waals surface area contributed by atoms with Gasteiger partial charge in [-0.1, -0.05) is 25.1 Å². The first-order valence-electron chi connectivity index (χ1n) is 6.07. The fraction of sp³-hybridized carbons (Fsp3) is 0.667. The molecule has 0 aromatic carbocycles. The van der Waals surface area contributed by atoms with Gasteiger partial charge in [-0.2, -0.15) is 4.98 Å². The number of aryl methyl sites for hydroxylation is 1. The van der Waals surface area contributed by atoms with Gasteiger partial charge in [0.05, 0.1) is 0 Å². The normalized spacial score (nSPS) is 17.5. The van der Waals surface area contributed by atoms with Crippen LogP contribution in [0.15, 0.2) is 10.6 Å². The van der Waals surface area contributed by atoms with Crippen molar-refractivity contribution in [2.45, 2.75) is 33.1 Å². The lowest BCUT2D eigenvalue weighted by atomic mass is 10.1. The first-order valence-corrected chi connectivity index (χ1v) is 6.07. The highest BCUT2D eigenvalue weighted by molar-refractivity contribution is 5.60. The Labute approximate surface area is 96.3 Å². The molecular formula is C12H19N3O. The molecule has 1 aromatic heterocycles. The standard InChI is InChI=1S/C12H19N3O/c1-3-7-15-8-5-6-10(9-15)12-13-11(4-2)14-16-12/h6H,3-5,7-9H2,1-2H3. The number of aromatic nitrogens is 2. The largest absolute Gasteiger partial charge is 0.334 e. The van der Waals surface area contributed by atoms with Gasteiger partial charge in [0.15, 0.2) is 5.82 Å². The molecule has 2 rings (SSSR count). The molecule has 1 aliphatic heterocycles. The van der Waals surface area contributed by atoms with E-state index in [0.717, 1.165) is 38.3 Å². The van der Waals surface area contributed by atoms with Crippen molar-refractivity contribution in [2.24, 2.45) is 0 Å². The molecule has 0 bridgehead atoms. The van der Waals surface area contributed by atoms with Gasteiger partial charge in [0, 0.05) is 25.1 Å². The molecule has 0 aliphatic carbocycles. The van der Waals surface area contributed by atoms with Crippen LogP contribution in [0.1, 0.15) is 38.4 Å². The third-order valence-corrected chi connectivity index (χ3v) is 2.83. The van der Waals surface area contributed by atoms with Gasteiger partial charge in [-0.3, -0.25) is 4.90 Å². The van der Waals surface area contributed by atoms with Gasteiger partial charge >= 0.3 is 0 Å². The minimum absolute atomic E-state index is 0.706. The van der Waals surface area contributed by atoms with Gasteiger partial charge < -0.3 is 4.52 Å². The number of nitrogens with zero attached hydrogens (tertiary/aromatic N) is 3. The second-order valence-corrected chi connectivity index (χ2v) is 4.16. The van der Waals surface area contributed by atoms with Crippen molar-refractivity contribution in [1.29, 1.82) is 0 Å². The average Bonchev–Trinajstić information content (AvgIpc) is 2.78. The Morgan fingerprint density at radius 2 is 2.31 bits per heavy atom. The molecule has 4 heteroatoms. The van der Waals surface area contributed by atoms with E-state index >= 15 is 0 Å². The van der Waals surface area contributed by atoms with Gasteiger partial charge in [0.1, 0.15) is 0 Å². The van der Waals surface area contributed by atoms with E-state index in [1.807, 2.05) is 6.92 Å². The zero-order valence-electron chi connectivity index (χ0n) is 10.1. The minimum Gasteiger partial charge on any atom is -0.334 e. The highest BCUT2D eigenvalue weighted by Crippen LogP contribution is 2.19. The Kier molecular flexibility index (Phi) is 3.72. The molecule has 0 amide bonds. The second-order valence-electron chi connectivity index (χ2n) is 4.16. The van der Waals surface area contributed by atoms with E-state index < -0.39 is 0 Å². The number of rotatable bonds is 4.